The highest BCUT2D eigenvalue weighted by atomic mass is 15.1. The Balaban J connectivity index is 1.41. The lowest BCUT2D eigenvalue weighted by Gasteiger charge is -2.28. The van der Waals surface area contributed by atoms with Crippen LogP contribution in [-0.4, -0.2) is 57.2 Å². The molecule has 7 heteroatoms. The minimum absolute atomic E-state index is 0.864. The largest absolute Gasteiger partial charge is 0.370 e. The van der Waals surface area contributed by atoms with E-state index in [0.29, 0.717) is 0 Å². The fourth-order valence-corrected chi connectivity index (χ4v) is 5.05. The summed E-state index contributed by atoms with van der Waals surface area (Å²) in [5, 5.41) is 10.2. The van der Waals surface area contributed by atoms with Crippen molar-refractivity contribution in [2.45, 2.75) is 25.8 Å². The maximum absolute atomic E-state index is 4.68. The van der Waals surface area contributed by atoms with Crippen LogP contribution >= 0.6 is 0 Å². The van der Waals surface area contributed by atoms with Gasteiger partial charge in [0.25, 0.3) is 0 Å². The zero-order valence-electron chi connectivity index (χ0n) is 19.7. The molecular weight excluding hydrogens is 422 g/mol. The Kier molecular flexibility index (Phi) is 5.26. The second kappa shape index (κ2) is 8.57. The molecule has 6 rings (SSSR count). The summed E-state index contributed by atoms with van der Waals surface area (Å²) in [5.41, 5.74) is 8.65. The number of rotatable bonds is 5. The number of aromatic amines is 2. The van der Waals surface area contributed by atoms with Crippen LogP contribution in [0.25, 0.3) is 44.3 Å². The van der Waals surface area contributed by atoms with Crippen LogP contribution in [0.2, 0.25) is 0 Å². The lowest BCUT2D eigenvalue weighted by atomic mass is 10.0. The van der Waals surface area contributed by atoms with Crippen molar-refractivity contribution in [3.63, 3.8) is 0 Å². The van der Waals surface area contributed by atoms with Crippen LogP contribution in [0.4, 0.5) is 5.69 Å². The number of pyridine rings is 2. The minimum atomic E-state index is 0.864. The fraction of sp³-hybridized carbons (Fsp3) is 0.296. The zero-order valence-corrected chi connectivity index (χ0v) is 19.7. The molecule has 0 aliphatic carbocycles. The second-order valence-corrected chi connectivity index (χ2v) is 9.50. The molecule has 0 atom stereocenters. The zero-order chi connectivity index (χ0) is 23.1. The molecule has 1 aliphatic heterocycles. The monoisotopic (exact) mass is 451 g/mol. The number of hydrogen-bond acceptors (Lipinski definition) is 5. The molecule has 34 heavy (non-hydrogen) atoms. The van der Waals surface area contributed by atoms with Gasteiger partial charge in [0.2, 0.25) is 0 Å². The summed E-state index contributed by atoms with van der Waals surface area (Å²) >= 11 is 0. The van der Waals surface area contributed by atoms with Gasteiger partial charge in [-0.2, -0.15) is 5.10 Å². The number of anilines is 1. The van der Waals surface area contributed by atoms with Crippen LogP contribution in [0.5, 0.6) is 0 Å². The van der Waals surface area contributed by atoms with Crippen LogP contribution in [0.3, 0.4) is 0 Å². The van der Waals surface area contributed by atoms with E-state index in [9.17, 15) is 0 Å². The molecule has 0 spiro atoms. The SMILES string of the molecule is CN(C)Cc1cncc(-c2ccc3[nH]nc(-c4cc5c(N6CCCCC6)cncc5[nH]4)c3c2)c1. The highest BCUT2D eigenvalue weighted by molar-refractivity contribution is 6.00. The molecule has 7 nitrogen and oxygen atoms in total. The predicted molar refractivity (Wildman–Crippen MR) is 138 cm³/mol. The van der Waals surface area contributed by atoms with Crippen LogP contribution in [-0.2, 0) is 6.54 Å². The lowest BCUT2D eigenvalue weighted by molar-refractivity contribution is 0.402. The summed E-state index contributed by atoms with van der Waals surface area (Å²) < 4.78 is 0. The molecule has 0 saturated carbocycles. The molecular formula is C27H29N7. The molecule has 1 aromatic carbocycles. The van der Waals surface area contributed by atoms with Gasteiger partial charge < -0.3 is 14.8 Å². The van der Waals surface area contributed by atoms with E-state index in [1.54, 1.807) is 0 Å². The minimum Gasteiger partial charge on any atom is -0.370 e. The van der Waals surface area contributed by atoms with Crippen molar-refractivity contribution in [2.24, 2.45) is 0 Å². The Labute approximate surface area is 198 Å². The summed E-state index contributed by atoms with van der Waals surface area (Å²) in [6.07, 6.45) is 11.6. The first-order valence-corrected chi connectivity index (χ1v) is 11.9. The van der Waals surface area contributed by atoms with E-state index in [0.717, 1.165) is 58.6 Å². The van der Waals surface area contributed by atoms with Crippen LogP contribution in [0.1, 0.15) is 24.8 Å². The normalized spacial score (nSPS) is 14.5. The van der Waals surface area contributed by atoms with E-state index in [2.05, 4.69) is 79.4 Å². The quantitative estimate of drug-likeness (QED) is 0.383. The van der Waals surface area contributed by atoms with Gasteiger partial charge in [0.1, 0.15) is 5.69 Å². The Hall–Kier alpha value is -3.71. The van der Waals surface area contributed by atoms with Gasteiger partial charge in [-0.3, -0.25) is 15.1 Å². The van der Waals surface area contributed by atoms with Gasteiger partial charge in [0.05, 0.1) is 34.8 Å². The van der Waals surface area contributed by atoms with E-state index >= 15 is 0 Å². The van der Waals surface area contributed by atoms with Gasteiger partial charge in [0.15, 0.2) is 0 Å². The molecule has 1 aliphatic rings. The van der Waals surface area contributed by atoms with Gasteiger partial charge in [-0.1, -0.05) is 6.07 Å². The molecule has 0 unspecified atom stereocenters. The Bertz CT molecular complexity index is 1460. The van der Waals surface area contributed by atoms with Gasteiger partial charge in [-0.25, -0.2) is 0 Å². The van der Waals surface area contributed by atoms with Crippen molar-refractivity contribution >= 4 is 27.5 Å². The van der Waals surface area contributed by atoms with Crippen molar-refractivity contribution in [2.75, 3.05) is 32.1 Å². The van der Waals surface area contributed by atoms with Gasteiger partial charge in [-0.15, -0.1) is 0 Å². The fourth-order valence-electron chi connectivity index (χ4n) is 5.05. The summed E-state index contributed by atoms with van der Waals surface area (Å²) in [4.78, 5) is 17.2. The third-order valence-electron chi connectivity index (χ3n) is 6.67. The molecule has 0 radical (unpaired) electrons. The van der Waals surface area contributed by atoms with Gasteiger partial charge in [-0.05, 0) is 68.8 Å². The number of nitrogens with zero attached hydrogens (tertiary/aromatic N) is 5. The number of nitrogens with one attached hydrogen (secondary N) is 2. The maximum atomic E-state index is 4.68. The number of hydrogen-bond donors (Lipinski definition) is 2. The maximum Gasteiger partial charge on any atom is 0.116 e. The average Bonchev–Trinajstić information content (AvgIpc) is 3.48. The Morgan fingerprint density at radius 2 is 1.71 bits per heavy atom. The van der Waals surface area contributed by atoms with Gasteiger partial charge in [0, 0.05) is 48.4 Å². The summed E-state index contributed by atoms with van der Waals surface area (Å²) in [6, 6.07) is 10.9. The summed E-state index contributed by atoms with van der Waals surface area (Å²) in [6.45, 7) is 3.05. The number of benzene rings is 1. The molecule has 4 aromatic heterocycles. The molecule has 0 amide bonds. The van der Waals surface area contributed by atoms with Crippen molar-refractivity contribution in [1.82, 2.24) is 30.0 Å². The third kappa shape index (κ3) is 3.82. The first-order chi connectivity index (χ1) is 16.7. The third-order valence-corrected chi connectivity index (χ3v) is 6.67. The molecule has 0 bridgehead atoms. The van der Waals surface area contributed by atoms with E-state index in [1.807, 2.05) is 24.8 Å². The van der Waals surface area contributed by atoms with Crippen LogP contribution < -0.4 is 4.90 Å². The number of H-pyrrole nitrogens is 2. The highest BCUT2D eigenvalue weighted by Crippen LogP contribution is 2.35. The Morgan fingerprint density at radius 1 is 0.853 bits per heavy atom. The second-order valence-electron chi connectivity index (χ2n) is 9.50. The molecule has 2 N–H and O–H groups in total. The first kappa shape index (κ1) is 20.9. The number of fused-ring (bicyclic) bond motifs is 2. The lowest BCUT2D eigenvalue weighted by Crippen LogP contribution is -2.29. The van der Waals surface area contributed by atoms with Crippen molar-refractivity contribution in [1.29, 1.82) is 0 Å². The highest BCUT2D eigenvalue weighted by Gasteiger charge is 2.18. The molecule has 1 saturated heterocycles. The molecule has 172 valence electrons. The van der Waals surface area contributed by atoms with Crippen molar-refractivity contribution in [3.05, 3.63) is 60.7 Å². The predicted octanol–water partition coefficient (Wildman–Crippen LogP) is 5.22. The molecule has 5 aromatic rings. The number of aromatic nitrogens is 5. The Morgan fingerprint density at radius 3 is 2.56 bits per heavy atom. The molecule has 1 fully saturated rings. The standard InChI is InChI=1S/C27H29N7/c1-33(2)17-18-10-20(14-28-13-18)19-6-7-23-22(11-19)27(32-31-23)24-12-21-25(30-24)15-29-16-26(21)34-8-4-3-5-9-34/h6-7,10-16,30H,3-5,8-9,17H2,1-2H3,(H,31,32). The number of piperidine rings is 1. The van der Waals surface area contributed by atoms with Crippen molar-refractivity contribution < 1.29 is 0 Å². The van der Waals surface area contributed by atoms with Crippen LogP contribution in [0, 0.1) is 0 Å². The topological polar surface area (TPSA) is 76.7 Å². The smallest absolute Gasteiger partial charge is 0.116 e. The first-order valence-electron chi connectivity index (χ1n) is 11.9. The van der Waals surface area contributed by atoms with E-state index in [-0.39, 0.29) is 0 Å². The summed E-state index contributed by atoms with van der Waals surface area (Å²) in [7, 11) is 4.14. The molecule has 5 heterocycles. The van der Waals surface area contributed by atoms with Gasteiger partial charge >= 0.3 is 0 Å². The van der Waals surface area contributed by atoms with E-state index in [4.69, 9.17) is 0 Å². The average molecular weight is 452 g/mol. The van der Waals surface area contributed by atoms with E-state index in [1.165, 1.54) is 35.9 Å². The summed E-state index contributed by atoms with van der Waals surface area (Å²) in [5.74, 6) is 0. The van der Waals surface area contributed by atoms with Crippen LogP contribution in [0.15, 0.2) is 55.1 Å². The van der Waals surface area contributed by atoms with Crippen molar-refractivity contribution in [3.8, 4) is 22.5 Å². The van der Waals surface area contributed by atoms with E-state index < -0.39 is 0 Å².